The van der Waals surface area contributed by atoms with Gasteiger partial charge in [0.15, 0.2) is 0 Å². The Hall–Kier alpha value is 0.0899. The van der Waals surface area contributed by atoms with E-state index in [-0.39, 0.29) is 5.54 Å². The van der Waals surface area contributed by atoms with Crippen LogP contribution < -0.4 is 0 Å². The van der Waals surface area contributed by atoms with E-state index < -0.39 is 5.34 Å². The molecule has 0 N–H and O–H groups in total. The van der Waals surface area contributed by atoms with Gasteiger partial charge in [0.1, 0.15) is 0 Å². The molecule has 0 aromatic carbocycles. The average Bonchev–Trinajstić information content (AvgIpc) is 2.06. The molecule has 1 saturated heterocycles. The second kappa shape index (κ2) is 2.55. The zero-order chi connectivity index (χ0) is 8.70. The molecule has 0 aliphatic carbocycles. The van der Waals surface area contributed by atoms with Crippen molar-refractivity contribution >= 4 is 15.7 Å². The highest BCUT2D eigenvalue weighted by molar-refractivity contribution is 6.40. The highest BCUT2D eigenvalue weighted by Crippen LogP contribution is 2.30. The third-order valence-corrected chi connectivity index (χ3v) is 2.27. The Morgan fingerprint density at radius 3 is 2.00 bits per heavy atom. The van der Waals surface area contributed by atoms with Crippen LogP contribution in [0, 0.1) is 0 Å². The van der Waals surface area contributed by atoms with E-state index in [2.05, 4.69) is 25.7 Å². The Morgan fingerprint density at radius 1 is 1.27 bits per heavy atom. The first-order valence-corrected chi connectivity index (χ1v) is 4.19. The summed E-state index contributed by atoms with van der Waals surface area (Å²) in [6.45, 7) is 7.46. The molecule has 0 amide bonds. The van der Waals surface area contributed by atoms with Crippen molar-refractivity contribution in [1.29, 1.82) is 0 Å². The number of hydrogen-bond donors (Lipinski definition) is 0. The summed E-state index contributed by atoms with van der Waals surface area (Å²) < 4.78 is 0. The van der Waals surface area contributed by atoms with Crippen LogP contribution in [0.4, 0.5) is 0 Å². The van der Waals surface area contributed by atoms with Gasteiger partial charge in [-0.25, -0.2) is 0 Å². The molecule has 1 fully saturated rings. The minimum Gasteiger partial charge on any atom is -0.310 e. The smallest absolute Gasteiger partial charge is 0.0824 e. The van der Waals surface area contributed by atoms with Crippen LogP contribution in [-0.4, -0.2) is 38.0 Å². The fourth-order valence-corrected chi connectivity index (χ4v) is 1.82. The van der Waals surface area contributed by atoms with Crippen LogP contribution in [0.25, 0.3) is 0 Å². The quantitative estimate of drug-likeness (QED) is 0.459. The second-order valence-electron chi connectivity index (χ2n) is 4.42. The summed E-state index contributed by atoms with van der Waals surface area (Å²) in [5, 5.41) is -0.571. The largest absolute Gasteiger partial charge is 0.310 e. The lowest BCUT2D eigenvalue weighted by atomic mass is 9.59. The molecule has 0 spiro atoms. The van der Waals surface area contributed by atoms with Crippen molar-refractivity contribution in [2.24, 2.45) is 0 Å². The van der Waals surface area contributed by atoms with Crippen LogP contribution in [0.15, 0.2) is 0 Å². The van der Waals surface area contributed by atoms with Crippen molar-refractivity contribution in [2.75, 3.05) is 6.54 Å². The Morgan fingerprint density at radius 2 is 1.82 bits per heavy atom. The predicted octanol–water partition coefficient (Wildman–Crippen LogP) is 0.871. The average molecular weight is 147 g/mol. The zero-order valence-corrected chi connectivity index (χ0v) is 7.72. The fraction of sp³-hybridized carbons (Fsp3) is 1.00. The van der Waals surface area contributed by atoms with Crippen molar-refractivity contribution in [2.45, 2.75) is 44.5 Å². The molecule has 0 bridgehead atoms. The van der Waals surface area contributed by atoms with E-state index in [4.69, 9.17) is 15.7 Å². The molecular formula is C8H15B2N. The van der Waals surface area contributed by atoms with E-state index in [0.29, 0.717) is 0 Å². The molecule has 1 aliphatic rings. The monoisotopic (exact) mass is 147 g/mol. The van der Waals surface area contributed by atoms with Gasteiger partial charge in [-0.05, 0) is 40.2 Å². The summed E-state index contributed by atoms with van der Waals surface area (Å²) in [7, 11) is 11.8. The maximum atomic E-state index is 5.91. The van der Waals surface area contributed by atoms with Gasteiger partial charge in [-0.1, -0.05) is 5.34 Å². The van der Waals surface area contributed by atoms with Gasteiger partial charge in [0.25, 0.3) is 0 Å². The van der Waals surface area contributed by atoms with Crippen molar-refractivity contribution in [3.63, 3.8) is 0 Å². The van der Waals surface area contributed by atoms with Crippen LogP contribution >= 0.6 is 0 Å². The van der Waals surface area contributed by atoms with E-state index in [1.165, 1.54) is 0 Å². The van der Waals surface area contributed by atoms with Gasteiger partial charge in [0.2, 0.25) is 0 Å². The van der Waals surface area contributed by atoms with E-state index in [0.717, 1.165) is 19.4 Å². The third kappa shape index (κ3) is 1.81. The molecule has 0 aromatic heterocycles. The first kappa shape index (κ1) is 9.18. The van der Waals surface area contributed by atoms with Crippen LogP contribution in [0.5, 0.6) is 0 Å². The lowest BCUT2D eigenvalue weighted by molar-refractivity contribution is 0.138. The molecule has 3 heteroatoms. The van der Waals surface area contributed by atoms with Gasteiger partial charge in [-0.2, -0.15) is 0 Å². The summed E-state index contributed by atoms with van der Waals surface area (Å²) in [6, 6.07) is 0. The van der Waals surface area contributed by atoms with Gasteiger partial charge in [-0.3, -0.25) is 0 Å². The maximum absolute atomic E-state index is 5.91. The van der Waals surface area contributed by atoms with Crippen LogP contribution in [-0.2, 0) is 0 Å². The SMILES string of the molecule is [B]C1([B])CCCN1C(C)(C)C. The number of nitrogens with zero attached hydrogens (tertiary/aromatic N) is 1. The van der Waals surface area contributed by atoms with Crippen LogP contribution in [0.2, 0.25) is 0 Å². The summed E-state index contributed by atoms with van der Waals surface area (Å²) in [5.41, 5.74) is 0.0972. The highest BCUT2D eigenvalue weighted by atomic mass is 15.2. The maximum Gasteiger partial charge on any atom is 0.0824 e. The Balaban J connectivity index is 2.73. The van der Waals surface area contributed by atoms with Gasteiger partial charge in [0.05, 0.1) is 15.7 Å². The molecule has 58 valence electrons. The molecule has 4 radical (unpaired) electrons. The fourth-order valence-electron chi connectivity index (χ4n) is 1.82. The van der Waals surface area contributed by atoms with Crippen LogP contribution in [0.1, 0.15) is 33.6 Å². The molecule has 11 heavy (non-hydrogen) atoms. The molecule has 0 saturated carbocycles. The van der Waals surface area contributed by atoms with E-state index >= 15 is 0 Å². The highest BCUT2D eigenvalue weighted by Gasteiger charge is 2.37. The number of hydrogen-bond acceptors (Lipinski definition) is 1. The van der Waals surface area contributed by atoms with Crippen molar-refractivity contribution in [3.8, 4) is 0 Å². The van der Waals surface area contributed by atoms with E-state index in [1.54, 1.807) is 0 Å². The van der Waals surface area contributed by atoms with Crippen molar-refractivity contribution in [3.05, 3.63) is 0 Å². The summed E-state index contributed by atoms with van der Waals surface area (Å²) >= 11 is 0. The molecule has 1 nitrogen and oxygen atoms in total. The van der Waals surface area contributed by atoms with Gasteiger partial charge in [-0.15, -0.1) is 0 Å². The minimum atomic E-state index is -0.571. The summed E-state index contributed by atoms with van der Waals surface area (Å²) in [4.78, 5) is 2.17. The van der Waals surface area contributed by atoms with E-state index in [1.807, 2.05) is 0 Å². The third-order valence-electron chi connectivity index (χ3n) is 2.27. The first-order valence-electron chi connectivity index (χ1n) is 4.19. The van der Waals surface area contributed by atoms with Gasteiger partial charge >= 0.3 is 0 Å². The lowest BCUT2D eigenvalue weighted by Crippen LogP contribution is -2.54. The molecule has 1 heterocycles. The van der Waals surface area contributed by atoms with Gasteiger partial charge < -0.3 is 4.90 Å². The lowest BCUT2D eigenvalue weighted by Gasteiger charge is -2.43. The van der Waals surface area contributed by atoms with Crippen molar-refractivity contribution < 1.29 is 0 Å². The molecule has 0 unspecified atom stereocenters. The summed E-state index contributed by atoms with van der Waals surface area (Å²) in [6.07, 6.45) is 2.02. The minimum absolute atomic E-state index is 0.0972. The van der Waals surface area contributed by atoms with Crippen molar-refractivity contribution in [1.82, 2.24) is 4.90 Å². The topological polar surface area (TPSA) is 3.24 Å². The summed E-state index contributed by atoms with van der Waals surface area (Å²) in [5.74, 6) is 0. The standard InChI is InChI=1S/C8H15B2N/c1-7(2,3)11-6-4-5-8(11,9)10/h4-6H2,1-3H3. The normalized spacial score (nSPS) is 25.7. The van der Waals surface area contributed by atoms with Gasteiger partial charge in [0, 0.05) is 5.54 Å². The number of rotatable bonds is 0. The van der Waals surface area contributed by atoms with E-state index in [9.17, 15) is 0 Å². The Labute approximate surface area is 72.4 Å². The molecular weight excluding hydrogens is 132 g/mol. The van der Waals surface area contributed by atoms with Crippen LogP contribution in [0.3, 0.4) is 0 Å². The molecule has 1 rings (SSSR count). The Kier molecular flexibility index (Phi) is 2.13. The predicted molar refractivity (Wildman–Crippen MR) is 49.9 cm³/mol. The molecule has 1 aliphatic heterocycles. The first-order chi connectivity index (χ1) is 4.84. The Bertz CT molecular complexity index is 149. The molecule has 0 atom stereocenters. The zero-order valence-electron chi connectivity index (χ0n) is 7.72. The second-order valence-corrected chi connectivity index (χ2v) is 4.42. The molecule has 0 aromatic rings. The number of likely N-dealkylation sites (tertiary alicyclic amines) is 1.